The molecule has 24 heavy (non-hydrogen) atoms. The van der Waals surface area contributed by atoms with Gasteiger partial charge < -0.3 is 9.64 Å². The molecule has 1 aliphatic rings. The van der Waals surface area contributed by atoms with E-state index >= 15 is 0 Å². The third-order valence-corrected chi connectivity index (χ3v) is 5.54. The summed E-state index contributed by atoms with van der Waals surface area (Å²) in [6, 6.07) is 9.43. The van der Waals surface area contributed by atoms with Gasteiger partial charge in [0.05, 0.1) is 16.3 Å². The molecule has 126 valence electrons. The summed E-state index contributed by atoms with van der Waals surface area (Å²) in [5, 5.41) is 0.370. The van der Waals surface area contributed by atoms with E-state index in [1.54, 1.807) is 38.2 Å². The highest BCUT2D eigenvalue weighted by molar-refractivity contribution is 7.92. The van der Waals surface area contributed by atoms with Crippen LogP contribution >= 0.6 is 11.6 Å². The molecule has 0 unspecified atom stereocenters. The average Bonchev–Trinajstić information content (AvgIpc) is 2.53. The molecule has 0 fully saturated rings. The number of rotatable bonds is 3. The van der Waals surface area contributed by atoms with Gasteiger partial charge in [-0.05, 0) is 36.8 Å². The Morgan fingerprint density at radius 2 is 2.00 bits per heavy atom. The number of para-hydroxylation sites is 1. The van der Waals surface area contributed by atoms with Gasteiger partial charge in [0.2, 0.25) is 0 Å². The molecule has 0 aromatic heterocycles. The fraction of sp³-hybridized carbons (Fsp3) is 0.188. The van der Waals surface area contributed by atoms with Gasteiger partial charge in [0.15, 0.2) is 12.4 Å². The number of sulfonamides is 1. The zero-order valence-electron chi connectivity index (χ0n) is 13.0. The van der Waals surface area contributed by atoms with Crippen LogP contribution in [0.3, 0.4) is 0 Å². The normalized spacial score (nSPS) is 14.1. The third kappa shape index (κ3) is 2.92. The summed E-state index contributed by atoms with van der Waals surface area (Å²) >= 11 is 6.01. The number of nitrogens with zero attached hydrogens (tertiary/aromatic N) is 1. The molecule has 2 aromatic carbocycles. The molecule has 6 nitrogen and oxygen atoms in total. The van der Waals surface area contributed by atoms with E-state index in [1.807, 2.05) is 0 Å². The zero-order valence-corrected chi connectivity index (χ0v) is 14.6. The zero-order chi connectivity index (χ0) is 17.5. The Morgan fingerprint density at radius 3 is 2.71 bits per heavy atom. The van der Waals surface area contributed by atoms with Crippen molar-refractivity contribution in [1.29, 1.82) is 0 Å². The number of nitrogens with one attached hydrogen (secondary N) is 1. The first-order valence-corrected chi connectivity index (χ1v) is 8.97. The van der Waals surface area contributed by atoms with Gasteiger partial charge in [-0.25, -0.2) is 8.42 Å². The number of amides is 1. The maximum Gasteiger partial charge on any atom is 0.264 e. The van der Waals surface area contributed by atoms with E-state index in [0.29, 0.717) is 16.5 Å². The van der Waals surface area contributed by atoms with Crippen molar-refractivity contribution in [3.05, 3.63) is 47.0 Å². The van der Waals surface area contributed by atoms with E-state index in [9.17, 15) is 13.2 Å². The summed E-state index contributed by atoms with van der Waals surface area (Å²) in [4.78, 5) is 13.2. The van der Waals surface area contributed by atoms with E-state index in [4.69, 9.17) is 16.3 Å². The maximum atomic E-state index is 12.6. The van der Waals surface area contributed by atoms with Crippen molar-refractivity contribution in [3.8, 4) is 5.75 Å². The largest absolute Gasteiger partial charge is 0.479 e. The molecule has 8 heteroatoms. The summed E-state index contributed by atoms with van der Waals surface area (Å²) < 4.78 is 33.1. The first-order valence-electron chi connectivity index (χ1n) is 7.11. The average molecular weight is 367 g/mol. The summed E-state index contributed by atoms with van der Waals surface area (Å²) in [6.45, 7) is 1.65. The van der Waals surface area contributed by atoms with Gasteiger partial charge in [0.1, 0.15) is 0 Å². The Labute approximate surface area is 145 Å². The minimum atomic E-state index is -3.83. The van der Waals surface area contributed by atoms with Crippen LogP contribution in [-0.4, -0.2) is 28.0 Å². The highest BCUT2D eigenvalue weighted by Gasteiger charge is 2.26. The Morgan fingerprint density at radius 1 is 1.25 bits per heavy atom. The molecule has 0 aliphatic carbocycles. The fourth-order valence-corrected chi connectivity index (χ4v) is 3.66. The number of carbonyl (C=O) groups is 1. The quantitative estimate of drug-likeness (QED) is 0.906. The highest BCUT2D eigenvalue weighted by atomic mass is 35.5. The highest BCUT2D eigenvalue weighted by Crippen LogP contribution is 2.39. The van der Waals surface area contributed by atoms with Crippen molar-refractivity contribution in [2.24, 2.45) is 0 Å². The molecule has 3 rings (SSSR count). The molecule has 1 N–H and O–H groups in total. The van der Waals surface area contributed by atoms with Gasteiger partial charge in [0.25, 0.3) is 15.9 Å². The van der Waals surface area contributed by atoms with E-state index in [2.05, 4.69) is 4.72 Å². The van der Waals surface area contributed by atoms with E-state index in [1.165, 1.54) is 17.0 Å². The first-order chi connectivity index (χ1) is 11.3. The number of hydrogen-bond donors (Lipinski definition) is 1. The molecule has 0 bridgehead atoms. The van der Waals surface area contributed by atoms with Gasteiger partial charge in [-0.15, -0.1) is 0 Å². The molecular weight excluding hydrogens is 352 g/mol. The molecule has 0 saturated carbocycles. The van der Waals surface area contributed by atoms with Crippen molar-refractivity contribution in [1.82, 2.24) is 0 Å². The second-order valence-electron chi connectivity index (χ2n) is 5.41. The smallest absolute Gasteiger partial charge is 0.264 e. The summed E-state index contributed by atoms with van der Waals surface area (Å²) in [5.74, 6) is 0.120. The lowest BCUT2D eigenvalue weighted by Crippen LogP contribution is -2.35. The monoisotopic (exact) mass is 366 g/mol. The maximum absolute atomic E-state index is 12.6. The molecule has 0 radical (unpaired) electrons. The number of likely N-dealkylation sites (N-methyl/N-ethyl adjacent to an activating group) is 1. The Balaban J connectivity index is 1.99. The molecule has 1 aliphatic heterocycles. The fourth-order valence-electron chi connectivity index (χ4n) is 2.33. The number of halogens is 1. The molecule has 1 heterocycles. The van der Waals surface area contributed by atoms with E-state index in [-0.39, 0.29) is 23.1 Å². The SMILES string of the molecule is Cc1ccc(S(=O)(=O)Nc2cccc3c2OCC(=O)N3C)cc1Cl. The minimum absolute atomic E-state index is 0.0518. The van der Waals surface area contributed by atoms with Gasteiger partial charge >= 0.3 is 0 Å². The van der Waals surface area contributed by atoms with E-state index < -0.39 is 10.0 Å². The van der Waals surface area contributed by atoms with Crippen LogP contribution in [0.1, 0.15) is 5.56 Å². The van der Waals surface area contributed by atoms with Gasteiger partial charge in [-0.3, -0.25) is 9.52 Å². The van der Waals surface area contributed by atoms with Crippen LogP contribution < -0.4 is 14.4 Å². The van der Waals surface area contributed by atoms with Gasteiger partial charge in [0, 0.05) is 12.1 Å². The molecule has 2 aromatic rings. The number of ether oxygens (including phenoxy) is 1. The summed E-state index contributed by atoms with van der Waals surface area (Å²) in [7, 11) is -2.22. The molecule has 1 amide bonds. The van der Waals surface area contributed by atoms with Crippen LogP contribution in [0.5, 0.6) is 5.75 Å². The number of aryl methyl sites for hydroxylation is 1. The second kappa shape index (κ2) is 5.99. The molecule has 0 atom stereocenters. The topological polar surface area (TPSA) is 75.7 Å². The van der Waals surface area contributed by atoms with Crippen molar-refractivity contribution in [2.75, 3.05) is 23.3 Å². The van der Waals surface area contributed by atoms with Crippen LogP contribution in [0.15, 0.2) is 41.3 Å². The van der Waals surface area contributed by atoms with Crippen molar-refractivity contribution < 1.29 is 17.9 Å². The van der Waals surface area contributed by atoms with Crippen molar-refractivity contribution in [2.45, 2.75) is 11.8 Å². The second-order valence-corrected chi connectivity index (χ2v) is 7.50. The van der Waals surface area contributed by atoms with Crippen LogP contribution in [-0.2, 0) is 14.8 Å². The standard InChI is InChI=1S/C16H15ClN2O4S/c1-10-6-7-11(8-12(10)17)24(21,22)18-13-4-3-5-14-16(13)23-9-15(20)19(14)2/h3-8,18H,9H2,1-2H3. The predicted molar refractivity (Wildman–Crippen MR) is 92.3 cm³/mol. The molecule has 0 spiro atoms. The third-order valence-electron chi connectivity index (χ3n) is 3.77. The minimum Gasteiger partial charge on any atom is -0.479 e. The number of benzene rings is 2. The van der Waals surface area contributed by atoms with Crippen LogP contribution in [0.4, 0.5) is 11.4 Å². The summed E-state index contributed by atoms with van der Waals surface area (Å²) in [6.07, 6.45) is 0. The van der Waals surface area contributed by atoms with Crippen LogP contribution in [0.25, 0.3) is 0 Å². The predicted octanol–water partition coefficient (Wildman–Crippen LogP) is 2.80. The lowest BCUT2D eigenvalue weighted by atomic mass is 10.2. The Bertz CT molecular complexity index is 928. The molecular formula is C16H15ClN2O4S. The first kappa shape index (κ1) is 16.6. The van der Waals surface area contributed by atoms with Gasteiger partial charge in [-0.1, -0.05) is 23.7 Å². The van der Waals surface area contributed by atoms with Gasteiger partial charge in [-0.2, -0.15) is 0 Å². The lowest BCUT2D eigenvalue weighted by molar-refractivity contribution is -0.120. The van der Waals surface area contributed by atoms with Crippen molar-refractivity contribution in [3.63, 3.8) is 0 Å². The number of anilines is 2. The lowest BCUT2D eigenvalue weighted by Gasteiger charge is -2.27. The number of carbonyl (C=O) groups excluding carboxylic acids is 1. The summed E-state index contributed by atoms with van der Waals surface area (Å²) in [5.41, 5.74) is 1.56. The van der Waals surface area contributed by atoms with Crippen LogP contribution in [0, 0.1) is 6.92 Å². The Hall–Kier alpha value is -2.25. The molecule has 0 saturated heterocycles. The number of hydrogen-bond acceptors (Lipinski definition) is 4. The van der Waals surface area contributed by atoms with Crippen molar-refractivity contribution >= 4 is 38.9 Å². The van der Waals surface area contributed by atoms with Crippen LogP contribution in [0.2, 0.25) is 5.02 Å². The van der Waals surface area contributed by atoms with E-state index in [0.717, 1.165) is 5.56 Å². The Kier molecular flexibility index (Phi) is 4.15. The number of fused-ring (bicyclic) bond motifs is 1.